The maximum atomic E-state index is 12.0. The van der Waals surface area contributed by atoms with E-state index in [2.05, 4.69) is 13.8 Å². The highest BCUT2D eigenvalue weighted by Crippen LogP contribution is 2.67. The third-order valence-electron chi connectivity index (χ3n) is 8.27. The zero-order chi connectivity index (χ0) is 15.7. The Hall–Kier alpha value is -0.630. The summed E-state index contributed by atoms with van der Waals surface area (Å²) in [6, 6.07) is 0. The summed E-state index contributed by atoms with van der Waals surface area (Å²) >= 11 is 0. The molecule has 0 aromatic rings. The number of aliphatic hydroxyl groups is 1. The summed E-state index contributed by atoms with van der Waals surface area (Å²) in [4.78, 5) is 12.0. The number of allylic oxidation sites excluding steroid dienone is 2. The van der Waals surface area contributed by atoms with Crippen LogP contribution < -0.4 is 0 Å². The molecule has 2 nitrogen and oxygen atoms in total. The van der Waals surface area contributed by atoms with Crippen LogP contribution in [0.2, 0.25) is 0 Å². The molecule has 3 saturated carbocycles. The van der Waals surface area contributed by atoms with Crippen LogP contribution in [-0.2, 0) is 4.79 Å². The molecule has 1 N–H and O–H groups in total. The minimum Gasteiger partial charge on any atom is -0.393 e. The Labute approximate surface area is 134 Å². The lowest BCUT2D eigenvalue weighted by Gasteiger charge is -2.56. The Morgan fingerprint density at radius 1 is 1.18 bits per heavy atom. The molecule has 0 saturated heterocycles. The van der Waals surface area contributed by atoms with Crippen LogP contribution >= 0.6 is 0 Å². The van der Waals surface area contributed by atoms with Crippen molar-refractivity contribution in [1.82, 2.24) is 0 Å². The fraction of sp³-hybridized carbons (Fsp3) is 0.850. The van der Waals surface area contributed by atoms with Crippen LogP contribution in [0.5, 0.6) is 0 Å². The van der Waals surface area contributed by atoms with E-state index < -0.39 is 0 Å². The summed E-state index contributed by atoms with van der Waals surface area (Å²) in [5.74, 6) is 3.08. The highest BCUT2D eigenvalue weighted by molar-refractivity contribution is 5.94. The predicted octanol–water partition coefficient (Wildman–Crippen LogP) is 4.13. The van der Waals surface area contributed by atoms with Crippen LogP contribution in [-0.4, -0.2) is 17.0 Å². The molecular weight excluding hydrogens is 272 g/mol. The van der Waals surface area contributed by atoms with Crippen molar-refractivity contribution in [3.8, 4) is 0 Å². The molecule has 22 heavy (non-hydrogen) atoms. The van der Waals surface area contributed by atoms with Crippen LogP contribution in [0, 0.1) is 34.5 Å². The van der Waals surface area contributed by atoms with E-state index >= 15 is 0 Å². The zero-order valence-electron chi connectivity index (χ0n) is 14.3. The van der Waals surface area contributed by atoms with Gasteiger partial charge in [0.15, 0.2) is 5.78 Å². The highest BCUT2D eigenvalue weighted by Gasteiger charge is 2.60. The largest absolute Gasteiger partial charge is 0.393 e. The van der Waals surface area contributed by atoms with Crippen LogP contribution in [0.15, 0.2) is 11.6 Å². The Kier molecular flexibility index (Phi) is 3.18. The molecule has 0 aliphatic heterocycles. The van der Waals surface area contributed by atoms with E-state index in [1.54, 1.807) is 0 Å². The topological polar surface area (TPSA) is 37.3 Å². The molecule has 4 aliphatic carbocycles. The van der Waals surface area contributed by atoms with E-state index in [9.17, 15) is 9.90 Å². The van der Waals surface area contributed by atoms with Crippen LogP contribution in [0.3, 0.4) is 0 Å². The molecular formula is C20H30O2. The number of aliphatic hydroxyl groups excluding tert-OH is 1. The summed E-state index contributed by atoms with van der Waals surface area (Å²) in [7, 11) is 0. The van der Waals surface area contributed by atoms with Crippen LogP contribution in [0.1, 0.15) is 65.7 Å². The smallest absolute Gasteiger partial charge is 0.156 e. The lowest BCUT2D eigenvalue weighted by atomic mass is 9.48. The molecule has 0 amide bonds. The molecule has 122 valence electrons. The van der Waals surface area contributed by atoms with Gasteiger partial charge in [0.25, 0.3) is 0 Å². The molecule has 0 aromatic heterocycles. The van der Waals surface area contributed by atoms with Crippen LogP contribution in [0.4, 0.5) is 0 Å². The summed E-state index contributed by atoms with van der Waals surface area (Å²) in [5.41, 5.74) is 1.94. The van der Waals surface area contributed by atoms with Gasteiger partial charge in [-0.2, -0.15) is 0 Å². The first-order valence-electron chi connectivity index (χ1n) is 9.28. The van der Waals surface area contributed by atoms with Crippen molar-refractivity contribution in [2.24, 2.45) is 34.5 Å². The standard InChI is InChI=1S/C20H30O2/c1-12(21)16-6-7-17-15-5-4-13-10-14(22)11-20(13,3)18(15)8-9-19(16,17)2/h10,12,15-18,21H,4-9,11H2,1-3H3/t12-,15-,16-,17+,18-,19-,20-/m1/s1. The van der Waals surface area contributed by atoms with E-state index in [0.717, 1.165) is 24.7 Å². The first-order valence-corrected chi connectivity index (χ1v) is 9.28. The monoisotopic (exact) mass is 302 g/mol. The minimum atomic E-state index is -0.172. The molecule has 0 bridgehead atoms. The van der Waals surface area contributed by atoms with Crippen LogP contribution in [0.25, 0.3) is 0 Å². The molecule has 0 spiro atoms. The number of fused-ring (bicyclic) bond motifs is 5. The average molecular weight is 302 g/mol. The number of rotatable bonds is 1. The van der Waals surface area contributed by atoms with E-state index in [4.69, 9.17) is 0 Å². The Balaban J connectivity index is 1.66. The Morgan fingerprint density at radius 2 is 1.95 bits per heavy atom. The average Bonchev–Trinajstić information content (AvgIpc) is 2.93. The first kappa shape index (κ1) is 14.9. The minimum absolute atomic E-state index is 0.157. The van der Waals surface area contributed by atoms with Gasteiger partial charge in [-0.25, -0.2) is 0 Å². The van der Waals surface area contributed by atoms with Gasteiger partial charge in [0.05, 0.1) is 6.10 Å². The molecule has 4 rings (SSSR count). The molecule has 7 atom stereocenters. The number of hydrogen-bond acceptors (Lipinski definition) is 2. The summed E-state index contributed by atoms with van der Waals surface area (Å²) < 4.78 is 0. The van der Waals surface area contributed by atoms with Crippen molar-refractivity contribution in [2.45, 2.75) is 71.8 Å². The second-order valence-electron chi connectivity index (χ2n) is 9.11. The molecule has 0 aromatic carbocycles. The van der Waals surface area contributed by atoms with Gasteiger partial charge in [-0.15, -0.1) is 0 Å². The SMILES string of the molecule is C[C@@H](O)[C@H]1CC[C@H]2[C@H]3CCC4=CC(=O)C[C@@]4(C)[C@@H]3CC[C@]12C. The number of hydrogen-bond donors (Lipinski definition) is 1. The maximum absolute atomic E-state index is 12.0. The van der Waals surface area contributed by atoms with Crippen molar-refractivity contribution >= 4 is 5.78 Å². The molecule has 2 heteroatoms. The highest BCUT2D eigenvalue weighted by atomic mass is 16.3. The fourth-order valence-corrected chi connectivity index (χ4v) is 7.25. The second kappa shape index (κ2) is 4.69. The normalized spacial score (nSPS) is 51.8. The van der Waals surface area contributed by atoms with Gasteiger partial charge in [-0.3, -0.25) is 4.79 Å². The third kappa shape index (κ3) is 1.79. The van der Waals surface area contributed by atoms with E-state index in [0.29, 0.717) is 23.0 Å². The van der Waals surface area contributed by atoms with Gasteiger partial charge in [0.1, 0.15) is 0 Å². The lowest BCUT2D eigenvalue weighted by molar-refractivity contribution is -0.117. The number of carbonyl (C=O) groups is 1. The lowest BCUT2D eigenvalue weighted by Crippen LogP contribution is -2.50. The summed E-state index contributed by atoms with van der Waals surface area (Å²) in [6.45, 7) is 6.80. The summed E-state index contributed by atoms with van der Waals surface area (Å²) in [5, 5.41) is 10.2. The molecule has 0 heterocycles. The molecule has 3 fully saturated rings. The Bertz CT molecular complexity index is 534. The van der Waals surface area contributed by atoms with E-state index in [1.807, 2.05) is 13.0 Å². The third-order valence-corrected chi connectivity index (χ3v) is 8.27. The summed E-state index contributed by atoms with van der Waals surface area (Å²) in [6.07, 6.45) is 9.93. The predicted molar refractivity (Wildman–Crippen MR) is 87.3 cm³/mol. The first-order chi connectivity index (χ1) is 10.4. The molecule has 0 unspecified atom stereocenters. The fourth-order valence-electron chi connectivity index (χ4n) is 7.25. The zero-order valence-corrected chi connectivity index (χ0v) is 14.3. The van der Waals surface area contributed by atoms with Gasteiger partial charge in [0.2, 0.25) is 0 Å². The molecule has 0 radical (unpaired) electrons. The number of carbonyl (C=O) groups excluding carboxylic acids is 1. The Morgan fingerprint density at radius 3 is 2.68 bits per heavy atom. The van der Waals surface area contributed by atoms with Gasteiger partial charge in [0, 0.05) is 6.42 Å². The van der Waals surface area contributed by atoms with Crippen molar-refractivity contribution in [1.29, 1.82) is 0 Å². The van der Waals surface area contributed by atoms with E-state index in [1.165, 1.54) is 37.7 Å². The van der Waals surface area contributed by atoms with Crippen molar-refractivity contribution in [3.63, 3.8) is 0 Å². The van der Waals surface area contributed by atoms with E-state index in [-0.39, 0.29) is 11.5 Å². The second-order valence-corrected chi connectivity index (χ2v) is 9.11. The van der Waals surface area contributed by atoms with Crippen molar-refractivity contribution in [2.75, 3.05) is 0 Å². The van der Waals surface area contributed by atoms with Gasteiger partial charge in [-0.1, -0.05) is 19.4 Å². The molecule has 4 aliphatic rings. The van der Waals surface area contributed by atoms with Gasteiger partial charge >= 0.3 is 0 Å². The van der Waals surface area contributed by atoms with Crippen molar-refractivity contribution in [3.05, 3.63) is 11.6 Å². The maximum Gasteiger partial charge on any atom is 0.156 e. The van der Waals surface area contributed by atoms with Gasteiger partial charge < -0.3 is 5.11 Å². The van der Waals surface area contributed by atoms with Crippen molar-refractivity contribution < 1.29 is 9.90 Å². The van der Waals surface area contributed by atoms with Gasteiger partial charge in [-0.05, 0) is 86.0 Å². The quantitative estimate of drug-likeness (QED) is 0.791. The number of ketones is 1.